The molecule has 0 radical (unpaired) electrons. The smallest absolute Gasteiger partial charge is 0.0587 e. The van der Waals surface area contributed by atoms with Gasteiger partial charge in [-0.2, -0.15) is 0 Å². The first-order valence-corrected chi connectivity index (χ1v) is 4.56. The van der Waals surface area contributed by atoms with E-state index in [1.807, 2.05) is 0 Å². The molecule has 0 saturated carbocycles. The van der Waals surface area contributed by atoms with Crippen LogP contribution in [0.4, 0.5) is 0 Å². The van der Waals surface area contributed by atoms with Gasteiger partial charge in [-0.3, -0.25) is 0 Å². The topological polar surface area (TPSA) is 32.3 Å². The molecule has 0 fully saturated rings. The molecule has 68 valence electrons. The third-order valence-electron chi connectivity index (χ3n) is 1.94. The number of hydrogen-bond donors (Lipinski definition) is 2. The Bertz CT molecular complexity index is 83.6. The van der Waals surface area contributed by atoms with Crippen LogP contribution >= 0.6 is 0 Å². The van der Waals surface area contributed by atoms with Crippen LogP contribution in [-0.4, -0.2) is 24.3 Å². The molecule has 0 aromatic carbocycles. The van der Waals surface area contributed by atoms with Crippen molar-refractivity contribution in [3.05, 3.63) is 0 Å². The summed E-state index contributed by atoms with van der Waals surface area (Å²) >= 11 is 0. The summed E-state index contributed by atoms with van der Waals surface area (Å²) in [5.74, 6) is 0.525. The largest absolute Gasteiger partial charge is 0.395 e. The highest BCUT2D eigenvalue weighted by molar-refractivity contribution is 4.68. The normalized spacial score (nSPS) is 13.9. The maximum Gasteiger partial charge on any atom is 0.0587 e. The first kappa shape index (κ1) is 10.9. The van der Waals surface area contributed by atoms with E-state index in [2.05, 4.69) is 26.1 Å². The van der Waals surface area contributed by atoms with Crippen molar-refractivity contribution in [2.24, 2.45) is 5.92 Å². The molecule has 0 aliphatic carbocycles. The molecule has 1 unspecified atom stereocenters. The van der Waals surface area contributed by atoms with Crippen molar-refractivity contribution < 1.29 is 5.11 Å². The molecule has 0 aromatic heterocycles. The van der Waals surface area contributed by atoms with Crippen LogP contribution in [0.2, 0.25) is 0 Å². The first-order chi connectivity index (χ1) is 5.22. The minimum atomic E-state index is 0.251. The monoisotopic (exact) mass is 159 g/mol. The molecule has 2 heteroatoms. The maximum absolute atomic E-state index is 8.93. The molecule has 2 N–H and O–H groups in total. The van der Waals surface area contributed by atoms with E-state index in [9.17, 15) is 0 Å². The summed E-state index contributed by atoms with van der Waals surface area (Å²) in [5, 5.41) is 12.3. The summed E-state index contributed by atoms with van der Waals surface area (Å²) in [7, 11) is 0. The second-order valence-electron chi connectivity index (χ2n) is 3.34. The third kappa shape index (κ3) is 5.22. The maximum atomic E-state index is 8.93. The van der Waals surface area contributed by atoms with E-state index in [1.54, 1.807) is 0 Å². The van der Waals surface area contributed by atoms with E-state index in [0.717, 1.165) is 6.54 Å². The lowest BCUT2D eigenvalue weighted by Gasteiger charge is -2.19. The quantitative estimate of drug-likeness (QED) is 0.574. The molecule has 1 atom stereocenters. The van der Waals surface area contributed by atoms with Crippen molar-refractivity contribution in [3.8, 4) is 0 Å². The van der Waals surface area contributed by atoms with Gasteiger partial charge in [0, 0.05) is 6.04 Å². The highest BCUT2D eigenvalue weighted by atomic mass is 16.3. The second-order valence-corrected chi connectivity index (χ2v) is 3.34. The van der Waals surface area contributed by atoms with Gasteiger partial charge in [-0.05, 0) is 18.9 Å². The minimum Gasteiger partial charge on any atom is -0.395 e. The molecule has 2 nitrogen and oxygen atoms in total. The first-order valence-electron chi connectivity index (χ1n) is 4.56. The Morgan fingerprint density at radius 1 is 1.36 bits per heavy atom. The second kappa shape index (κ2) is 6.62. The molecule has 0 spiro atoms. The van der Waals surface area contributed by atoms with E-state index in [1.165, 1.54) is 12.8 Å². The van der Waals surface area contributed by atoms with Crippen molar-refractivity contribution >= 4 is 0 Å². The van der Waals surface area contributed by atoms with E-state index >= 15 is 0 Å². The van der Waals surface area contributed by atoms with Crippen LogP contribution in [0.15, 0.2) is 0 Å². The Hall–Kier alpha value is -0.0800. The Labute approximate surface area is 70.0 Å². The SMILES string of the molecule is CCCCNC(CO)C(C)C. The zero-order valence-electron chi connectivity index (χ0n) is 7.93. The lowest BCUT2D eigenvalue weighted by molar-refractivity contribution is 0.211. The highest BCUT2D eigenvalue weighted by Gasteiger charge is 2.09. The van der Waals surface area contributed by atoms with Crippen LogP contribution in [0, 0.1) is 5.92 Å². The average molecular weight is 159 g/mol. The molecule has 0 aliphatic rings. The van der Waals surface area contributed by atoms with Gasteiger partial charge in [0.05, 0.1) is 6.61 Å². The van der Waals surface area contributed by atoms with Crippen LogP contribution in [0.1, 0.15) is 33.6 Å². The van der Waals surface area contributed by atoms with Gasteiger partial charge in [0.1, 0.15) is 0 Å². The van der Waals surface area contributed by atoms with Crippen LogP contribution < -0.4 is 5.32 Å². The standard InChI is InChI=1S/C9H21NO/c1-4-5-6-10-9(7-11)8(2)3/h8-11H,4-7H2,1-3H3. The molecule has 0 amide bonds. The molecule has 0 aliphatic heterocycles. The summed E-state index contributed by atoms with van der Waals surface area (Å²) in [4.78, 5) is 0. The summed E-state index contributed by atoms with van der Waals surface area (Å²) in [5.41, 5.74) is 0. The molecule has 0 saturated heterocycles. The average Bonchev–Trinajstić information content (AvgIpc) is 1.97. The van der Waals surface area contributed by atoms with E-state index < -0.39 is 0 Å². The van der Waals surface area contributed by atoms with Crippen molar-refractivity contribution in [2.45, 2.75) is 39.7 Å². The minimum absolute atomic E-state index is 0.251. The molecule has 0 aromatic rings. The van der Waals surface area contributed by atoms with E-state index in [0.29, 0.717) is 5.92 Å². The summed E-state index contributed by atoms with van der Waals surface area (Å²) in [6, 6.07) is 0.279. The zero-order valence-corrected chi connectivity index (χ0v) is 7.93. The summed E-state index contributed by atoms with van der Waals surface area (Å²) < 4.78 is 0. The van der Waals surface area contributed by atoms with E-state index in [-0.39, 0.29) is 12.6 Å². The predicted octanol–water partition coefficient (Wildman–Crippen LogP) is 1.39. The van der Waals surface area contributed by atoms with Gasteiger partial charge < -0.3 is 10.4 Å². The fourth-order valence-corrected chi connectivity index (χ4v) is 0.975. The van der Waals surface area contributed by atoms with Crippen molar-refractivity contribution in [1.82, 2.24) is 5.32 Å². The molecular formula is C9H21NO. The lowest BCUT2D eigenvalue weighted by atomic mass is 10.1. The fourth-order valence-electron chi connectivity index (χ4n) is 0.975. The van der Waals surface area contributed by atoms with E-state index in [4.69, 9.17) is 5.11 Å². The summed E-state index contributed by atoms with van der Waals surface area (Å²) in [6.07, 6.45) is 2.41. The Kier molecular flexibility index (Phi) is 6.57. The predicted molar refractivity (Wildman–Crippen MR) is 48.6 cm³/mol. The Morgan fingerprint density at radius 3 is 2.36 bits per heavy atom. The highest BCUT2D eigenvalue weighted by Crippen LogP contribution is 2.00. The fraction of sp³-hybridized carbons (Fsp3) is 1.00. The number of hydrogen-bond acceptors (Lipinski definition) is 2. The van der Waals surface area contributed by atoms with Gasteiger partial charge in [0.2, 0.25) is 0 Å². The molecule has 0 heterocycles. The Morgan fingerprint density at radius 2 is 2.00 bits per heavy atom. The van der Waals surface area contributed by atoms with Crippen molar-refractivity contribution in [1.29, 1.82) is 0 Å². The number of rotatable bonds is 6. The van der Waals surface area contributed by atoms with Gasteiger partial charge in [0.25, 0.3) is 0 Å². The molecule has 0 rings (SSSR count). The zero-order chi connectivity index (χ0) is 8.69. The van der Waals surface area contributed by atoms with Gasteiger partial charge in [0.15, 0.2) is 0 Å². The van der Waals surface area contributed by atoms with Gasteiger partial charge in [-0.1, -0.05) is 27.2 Å². The van der Waals surface area contributed by atoms with Crippen molar-refractivity contribution in [2.75, 3.05) is 13.2 Å². The van der Waals surface area contributed by atoms with Crippen LogP contribution in [0.3, 0.4) is 0 Å². The molecular weight excluding hydrogens is 138 g/mol. The van der Waals surface area contributed by atoms with Crippen LogP contribution in [-0.2, 0) is 0 Å². The third-order valence-corrected chi connectivity index (χ3v) is 1.94. The van der Waals surface area contributed by atoms with Crippen molar-refractivity contribution in [3.63, 3.8) is 0 Å². The Balaban J connectivity index is 3.36. The number of aliphatic hydroxyl groups is 1. The number of unbranched alkanes of at least 4 members (excludes halogenated alkanes) is 1. The molecule has 11 heavy (non-hydrogen) atoms. The van der Waals surface area contributed by atoms with Gasteiger partial charge in [-0.25, -0.2) is 0 Å². The van der Waals surface area contributed by atoms with Gasteiger partial charge in [-0.15, -0.1) is 0 Å². The lowest BCUT2D eigenvalue weighted by Crippen LogP contribution is -2.37. The van der Waals surface area contributed by atoms with Gasteiger partial charge >= 0.3 is 0 Å². The molecule has 0 bridgehead atoms. The summed E-state index contributed by atoms with van der Waals surface area (Å²) in [6.45, 7) is 7.70. The number of aliphatic hydroxyl groups excluding tert-OH is 1. The number of nitrogens with one attached hydrogen (secondary N) is 1. The van der Waals surface area contributed by atoms with Crippen LogP contribution in [0.5, 0.6) is 0 Å². The van der Waals surface area contributed by atoms with Crippen LogP contribution in [0.25, 0.3) is 0 Å².